The summed E-state index contributed by atoms with van der Waals surface area (Å²) in [7, 11) is 0. The summed E-state index contributed by atoms with van der Waals surface area (Å²) in [5, 5.41) is 0. The van der Waals surface area contributed by atoms with Crippen LogP contribution in [-0.4, -0.2) is 34.9 Å². The van der Waals surface area contributed by atoms with Crippen LogP contribution in [0.25, 0.3) is 0 Å². The van der Waals surface area contributed by atoms with Crippen LogP contribution >= 0.6 is 0 Å². The number of nitrogens with zero attached hydrogens (tertiary/aromatic N) is 2. The van der Waals surface area contributed by atoms with Crippen LogP contribution in [0.2, 0.25) is 0 Å². The van der Waals surface area contributed by atoms with Gasteiger partial charge in [0, 0.05) is 25.0 Å². The predicted molar refractivity (Wildman–Crippen MR) is 85.2 cm³/mol. The van der Waals surface area contributed by atoms with Gasteiger partial charge in [0.15, 0.2) is 0 Å². The second-order valence-electron chi connectivity index (χ2n) is 6.04. The Balaban J connectivity index is 2.15. The molecule has 0 radical (unpaired) electrons. The number of pyridine rings is 1. The maximum absolute atomic E-state index is 12.9. The van der Waals surface area contributed by atoms with E-state index in [2.05, 4.69) is 9.88 Å². The summed E-state index contributed by atoms with van der Waals surface area (Å²) in [5.74, 6) is 0.117. The van der Waals surface area contributed by atoms with Crippen LogP contribution in [0, 0.1) is 6.92 Å². The molecule has 0 aromatic carbocycles. The minimum absolute atomic E-state index is 0.117. The number of nitrogens with two attached hydrogens (primary N) is 1. The Morgan fingerprint density at radius 1 is 1.29 bits per heavy atom. The fourth-order valence-corrected chi connectivity index (χ4v) is 3.12. The normalized spacial score (nSPS) is 16.5. The molecule has 0 unspecified atom stereocenters. The number of carbonyl (C=O) groups is 1. The van der Waals surface area contributed by atoms with Gasteiger partial charge in [-0.1, -0.05) is 25.7 Å². The Hall–Kier alpha value is -1.42. The zero-order valence-electron chi connectivity index (χ0n) is 13.1. The van der Waals surface area contributed by atoms with Gasteiger partial charge in [-0.25, -0.2) is 0 Å². The molecule has 4 nitrogen and oxygen atoms in total. The Bertz CT molecular complexity index is 453. The van der Waals surface area contributed by atoms with Gasteiger partial charge in [-0.05, 0) is 44.4 Å². The molecule has 0 bridgehead atoms. The van der Waals surface area contributed by atoms with Crippen LogP contribution in [0.4, 0.5) is 0 Å². The van der Waals surface area contributed by atoms with Crippen molar-refractivity contribution in [2.45, 2.75) is 57.9 Å². The van der Waals surface area contributed by atoms with Crippen molar-refractivity contribution in [2.75, 3.05) is 13.1 Å². The summed E-state index contributed by atoms with van der Waals surface area (Å²) < 4.78 is 0. The average molecular weight is 289 g/mol. The van der Waals surface area contributed by atoms with Crippen molar-refractivity contribution in [1.29, 1.82) is 0 Å². The van der Waals surface area contributed by atoms with E-state index in [1.807, 2.05) is 13.0 Å². The maximum Gasteiger partial charge on any atom is 0.255 e. The molecule has 21 heavy (non-hydrogen) atoms. The first-order valence-electron chi connectivity index (χ1n) is 8.15. The monoisotopic (exact) mass is 289 g/mol. The molecule has 2 rings (SSSR count). The highest BCUT2D eigenvalue weighted by Gasteiger charge is 2.25. The maximum atomic E-state index is 12.9. The van der Waals surface area contributed by atoms with Crippen LogP contribution in [-0.2, 0) is 0 Å². The van der Waals surface area contributed by atoms with E-state index in [1.165, 1.54) is 25.7 Å². The number of aryl methyl sites for hydroxylation is 1. The van der Waals surface area contributed by atoms with Gasteiger partial charge in [0.25, 0.3) is 5.91 Å². The number of hydrogen-bond acceptors (Lipinski definition) is 3. The molecule has 1 heterocycles. The molecule has 1 aromatic heterocycles. The van der Waals surface area contributed by atoms with Gasteiger partial charge in [-0.2, -0.15) is 0 Å². The van der Waals surface area contributed by atoms with Crippen LogP contribution in [0.5, 0.6) is 0 Å². The standard InChI is InChI=1S/C17H27N3O/c1-14-11-15(13-19-12-14)17(21)20(10-6-9-18)16-7-4-2-3-5-8-16/h11-13,16H,2-10,18H2,1H3. The second-order valence-corrected chi connectivity index (χ2v) is 6.04. The van der Waals surface area contributed by atoms with Gasteiger partial charge in [0.2, 0.25) is 0 Å². The van der Waals surface area contributed by atoms with Gasteiger partial charge in [-0.15, -0.1) is 0 Å². The molecular weight excluding hydrogens is 262 g/mol. The molecule has 1 saturated carbocycles. The lowest BCUT2D eigenvalue weighted by Crippen LogP contribution is -2.41. The average Bonchev–Trinajstić information content (AvgIpc) is 2.77. The molecule has 1 amide bonds. The van der Waals surface area contributed by atoms with Crippen LogP contribution in [0.1, 0.15) is 60.9 Å². The number of aromatic nitrogens is 1. The van der Waals surface area contributed by atoms with Crippen molar-refractivity contribution >= 4 is 5.91 Å². The highest BCUT2D eigenvalue weighted by molar-refractivity contribution is 5.94. The van der Waals surface area contributed by atoms with Crippen molar-refractivity contribution in [3.05, 3.63) is 29.6 Å². The summed E-state index contributed by atoms with van der Waals surface area (Å²) in [4.78, 5) is 19.1. The third-order valence-electron chi connectivity index (χ3n) is 4.25. The minimum atomic E-state index is 0.117. The van der Waals surface area contributed by atoms with Crippen molar-refractivity contribution < 1.29 is 4.79 Å². The zero-order chi connectivity index (χ0) is 15.1. The van der Waals surface area contributed by atoms with E-state index in [1.54, 1.807) is 12.4 Å². The summed E-state index contributed by atoms with van der Waals surface area (Å²) >= 11 is 0. The summed E-state index contributed by atoms with van der Waals surface area (Å²) in [5.41, 5.74) is 7.38. The predicted octanol–water partition coefficient (Wildman–Crippen LogP) is 2.90. The number of amides is 1. The van der Waals surface area contributed by atoms with E-state index < -0.39 is 0 Å². The fourth-order valence-electron chi connectivity index (χ4n) is 3.12. The lowest BCUT2D eigenvalue weighted by molar-refractivity contribution is 0.0658. The largest absolute Gasteiger partial charge is 0.336 e. The quantitative estimate of drug-likeness (QED) is 0.848. The van der Waals surface area contributed by atoms with E-state index in [-0.39, 0.29) is 5.91 Å². The lowest BCUT2D eigenvalue weighted by atomic mass is 10.0. The summed E-state index contributed by atoms with van der Waals surface area (Å²) in [6, 6.07) is 2.30. The fraction of sp³-hybridized carbons (Fsp3) is 0.647. The topological polar surface area (TPSA) is 59.2 Å². The van der Waals surface area contributed by atoms with Gasteiger partial charge in [-0.3, -0.25) is 9.78 Å². The van der Waals surface area contributed by atoms with E-state index >= 15 is 0 Å². The smallest absolute Gasteiger partial charge is 0.255 e. The first-order chi connectivity index (χ1) is 10.2. The lowest BCUT2D eigenvalue weighted by Gasteiger charge is -2.31. The van der Waals surface area contributed by atoms with Crippen LogP contribution < -0.4 is 5.73 Å². The molecule has 116 valence electrons. The Morgan fingerprint density at radius 3 is 2.62 bits per heavy atom. The van der Waals surface area contributed by atoms with Crippen molar-refractivity contribution in [3.63, 3.8) is 0 Å². The molecule has 1 aliphatic carbocycles. The molecule has 0 atom stereocenters. The van der Waals surface area contributed by atoms with Gasteiger partial charge in [0.05, 0.1) is 5.56 Å². The summed E-state index contributed by atoms with van der Waals surface area (Å²) in [6.07, 6.45) is 11.6. The Kier molecular flexibility index (Phi) is 6.18. The molecule has 0 spiro atoms. The molecule has 1 aliphatic rings. The number of carbonyl (C=O) groups excluding carboxylic acids is 1. The van der Waals surface area contributed by atoms with Crippen LogP contribution in [0.15, 0.2) is 18.5 Å². The van der Waals surface area contributed by atoms with E-state index in [4.69, 9.17) is 5.73 Å². The Morgan fingerprint density at radius 2 is 2.00 bits per heavy atom. The molecule has 1 aromatic rings. The molecular formula is C17H27N3O. The van der Waals surface area contributed by atoms with E-state index in [0.717, 1.165) is 31.4 Å². The number of rotatable bonds is 5. The van der Waals surface area contributed by atoms with Crippen molar-refractivity contribution in [3.8, 4) is 0 Å². The molecule has 0 saturated heterocycles. The molecule has 0 aliphatic heterocycles. The molecule has 1 fully saturated rings. The van der Waals surface area contributed by atoms with Crippen molar-refractivity contribution in [2.24, 2.45) is 5.73 Å². The minimum Gasteiger partial charge on any atom is -0.336 e. The zero-order valence-corrected chi connectivity index (χ0v) is 13.1. The first-order valence-corrected chi connectivity index (χ1v) is 8.15. The van der Waals surface area contributed by atoms with Gasteiger partial charge < -0.3 is 10.6 Å². The summed E-state index contributed by atoms with van der Waals surface area (Å²) in [6.45, 7) is 3.36. The first kappa shape index (κ1) is 16.0. The highest BCUT2D eigenvalue weighted by atomic mass is 16.2. The molecule has 2 N–H and O–H groups in total. The van der Waals surface area contributed by atoms with Crippen molar-refractivity contribution in [1.82, 2.24) is 9.88 Å². The van der Waals surface area contributed by atoms with E-state index in [0.29, 0.717) is 18.2 Å². The highest BCUT2D eigenvalue weighted by Crippen LogP contribution is 2.23. The third kappa shape index (κ3) is 4.53. The van der Waals surface area contributed by atoms with Gasteiger partial charge in [0.1, 0.15) is 0 Å². The SMILES string of the molecule is Cc1cncc(C(=O)N(CCCN)C2CCCCCC2)c1. The Labute approximate surface area is 127 Å². The second kappa shape index (κ2) is 8.13. The number of hydrogen-bond donors (Lipinski definition) is 1. The third-order valence-corrected chi connectivity index (χ3v) is 4.25. The van der Waals surface area contributed by atoms with Crippen LogP contribution in [0.3, 0.4) is 0 Å². The molecule has 4 heteroatoms. The van der Waals surface area contributed by atoms with Gasteiger partial charge >= 0.3 is 0 Å². The van der Waals surface area contributed by atoms with E-state index in [9.17, 15) is 4.79 Å².